The fourth-order valence-electron chi connectivity index (χ4n) is 3.63. The number of ether oxygens (including phenoxy) is 2. The zero-order valence-electron chi connectivity index (χ0n) is 17.5. The number of amides is 2. The summed E-state index contributed by atoms with van der Waals surface area (Å²) in [6, 6.07) is 16.0. The highest BCUT2D eigenvalue weighted by Crippen LogP contribution is 2.44. The van der Waals surface area contributed by atoms with Crippen molar-refractivity contribution < 1.29 is 34.1 Å². The van der Waals surface area contributed by atoms with Gasteiger partial charge in [0, 0.05) is 19.0 Å². The third-order valence-electron chi connectivity index (χ3n) is 5.04. The van der Waals surface area contributed by atoms with E-state index >= 15 is 0 Å². The van der Waals surface area contributed by atoms with Gasteiger partial charge >= 0.3 is 12.1 Å². The van der Waals surface area contributed by atoms with Crippen molar-refractivity contribution >= 4 is 18.0 Å². The SMILES string of the molecule is O=C(O)COCCNC(=O)CC(O)CNC(=O)OCC1c2ccccc2-c2ccccc21. The highest BCUT2D eigenvalue weighted by atomic mass is 16.5. The van der Waals surface area contributed by atoms with E-state index in [0.717, 1.165) is 22.3 Å². The maximum Gasteiger partial charge on any atom is 0.407 e. The molecule has 0 saturated carbocycles. The number of rotatable bonds is 11. The average Bonchev–Trinajstić information content (AvgIpc) is 3.09. The molecule has 1 aliphatic rings. The van der Waals surface area contributed by atoms with E-state index in [-0.39, 0.29) is 38.6 Å². The molecule has 0 saturated heterocycles. The van der Waals surface area contributed by atoms with Crippen LogP contribution in [-0.4, -0.2) is 67.2 Å². The van der Waals surface area contributed by atoms with Crippen molar-refractivity contribution in [2.75, 3.05) is 32.9 Å². The number of benzene rings is 2. The number of fused-ring (bicyclic) bond motifs is 3. The van der Waals surface area contributed by atoms with Crippen LogP contribution in [0.5, 0.6) is 0 Å². The van der Waals surface area contributed by atoms with Gasteiger partial charge < -0.3 is 30.3 Å². The molecular formula is C23H26N2O7. The molecule has 2 amide bonds. The van der Waals surface area contributed by atoms with E-state index < -0.39 is 30.7 Å². The summed E-state index contributed by atoms with van der Waals surface area (Å²) >= 11 is 0. The van der Waals surface area contributed by atoms with Crippen LogP contribution in [0.4, 0.5) is 4.79 Å². The smallest absolute Gasteiger partial charge is 0.407 e. The highest BCUT2D eigenvalue weighted by molar-refractivity contribution is 5.79. The van der Waals surface area contributed by atoms with E-state index in [1.165, 1.54) is 0 Å². The van der Waals surface area contributed by atoms with E-state index in [1.807, 2.05) is 48.5 Å². The normalized spacial score (nSPS) is 13.0. The second-order valence-electron chi connectivity index (χ2n) is 7.36. The van der Waals surface area contributed by atoms with Gasteiger partial charge in [0.1, 0.15) is 13.2 Å². The zero-order valence-corrected chi connectivity index (χ0v) is 17.5. The average molecular weight is 442 g/mol. The first-order chi connectivity index (χ1) is 15.5. The van der Waals surface area contributed by atoms with Crippen LogP contribution in [0, 0.1) is 0 Å². The lowest BCUT2D eigenvalue weighted by molar-refractivity contribution is -0.142. The summed E-state index contributed by atoms with van der Waals surface area (Å²) < 4.78 is 10.2. The Hall–Kier alpha value is -3.43. The van der Waals surface area contributed by atoms with Gasteiger partial charge in [-0.1, -0.05) is 48.5 Å². The zero-order chi connectivity index (χ0) is 22.9. The van der Waals surface area contributed by atoms with Crippen molar-refractivity contribution in [2.45, 2.75) is 18.4 Å². The molecule has 32 heavy (non-hydrogen) atoms. The van der Waals surface area contributed by atoms with Crippen LogP contribution in [0.25, 0.3) is 11.1 Å². The summed E-state index contributed by atoms with van der Waals surface area (Å²) in [5.41, 5.74) is 4.47. The van der Waals surface area contributed by atoms with Crippen LogP contribution in [-0.2, 0) is 19.1 Å². The molecule has 0 radical (unpaired) electrons. The predicted molar refractivity (Wildman–Crippen MR) is 115 cm³/mol. The molecule has 0 aromatic heterocycles. The molecule has 1 unspecified atom stereocenters. The molecule has 9 heteroatoms. The minimum Gasteiger partial charge on any atom is -0.480 e. The number of carbonyl (C=O) groups excluding carboxylic acids is 2. The summed E-state index contributed by atoms with van der Waals surface area (Å²) in [7, 11) is 0. The number of carbonyl (C=O) groups is 3. The number of aliphatic carboxylic acids is 1. The molecule has 0 aliphatic heterocycles. The molecular weight excluding hydrogens is 416 g/mol. The standard InChI is InChI=1S/C23H26N2O7/c26-15(11-21(27)24-9-10-31-14-22(28)29)12-25-23(30)32-13-20-18-7-3-1-5-16(18)17-6-2-4-8-19(17)20/h1-8,15,20,26H,9-14H2,(H,24,27)(H,25,30)(H,28,29). The number of carboxylic acids is 1. The van der Waals surface area contributed by atoms with Crippen LogP contribution in [0.15, 0.2) is 48.5 Å². The van der Waals surface area contributed by atoms with Crippen molar-refractivity contribution in [2.24, 2.45) is 0 Å². The molecule has 3 rings (SSSR count). The number of aliphatic hydroxyl groups excluding tert-OH is 1. The van der Waals surface area contributed by atoms with Gasteiger partial charge in [-0.2, -0.15) is 0 Å². The monoisotopic (exact) mass is 442 g/mol. The van der Waals surface area contributed by atoms with Crippen molar-refractivity contribution in [3.63, 3.8) is 0 Å². The number of alkyl carbamates (subject to hydrolysis) is 1. The van der Waals surface area contributed by atoms with Gasteiger partial charge in [-0.3, -0.25) is 4.79 Å². The molecule has 0 heterocycles. The van der Waals surface area contributed by atoms with Crippen molar-refractivity contribution in [3.8, 4) is 11.1 Å². The number of hydrogen-bond acceptors (Lipinski definition) is 6. The molecule has 0 fully saturated rings. The number of hydrogen-bond donors (Lipinski definition) is 4. The quantitative estimate of drug-likeness (QED) is 0.387. The van der Waals surface area contributed by atoms with Gasteiger partial charge in [0.25, 0.3) is 0 Å². The number of nitrogens with one attached hydrogen (secondary N) is 2. The molecule has 9 nitrogen and oxygen atoms in total. The first kappa shape index (κ1) is 23.2. The van der Waals surface area contributed by atoms with Crippen LogP contribution >= 0.6 is 0 Å². The van der Waals surface area contributed by atoms with Gasteiger partial charge in [-0.25, -0.2) is 9.59 Å². The number of aliphatic hydroxyl groups is 1. The maximum absolute atomic E-state index is 12.1. The van der Waals surface area contributed by atoms with Crippen LogP contribution in [0.2, 0.25) is 0 Å². The Balaban J connectivity index is 1.38. The Kier molecular flexibility index (Phi) is 8.18. The molecule has 4 N–H and O–H groups in total. The predicted octanol–water partition coefficient (Wildman–Crippen LogP) is 1.49. The van der Waals surface area contributed by atoms with Gasteiger partial charge in [0.15, 0.2) is 0 Å². The largest absolute Gasteiger partial charge is 0.480 e. The summed E-state index contributed by atoms with van der Waals surface area (Å²) in [4.78, 5) is 34.2. The van der Waals surface area contributed by atoms with Crippen molar-refractivity contribution in [3.05, 3.63) is 59.7 Å². The minimum atomic E-state index is -1.09. The van der Waals surface area contributed by atoms with Crippen LogP contribution in [0.1, 0.15) is 23.5 Å². The molecule has 2 aromatic carbocycles. The second-order valence-corrected chi connectivity index (χ2v) is 7.36. The summed E-state index contributed by atoms with van der Waals surface area (Å²) in [6.07, 6.45) is -1.98. The summed E-state index contributed by atoms with van der Waals surface area (Å²) in [5.74, 6) is -1.59. The lowest BCUT2D eigenvalue weighted by Crippen LogP contribution is -2.37. The molecule has 2 aromatic rings. The Morgan fingerprint density at radius 2 is 1.59 bits per heavy atom. The minimum absolute atomic E-state index is 0.0478. The van der Waals surface area contributed by atoms with Gasteiger partial charge in [-0.15, -0.1) is 0 Å². The fraction of sp³-hybridized carbons (Fsp3) is 0.348. The van der Waals surface area contributed by atoms with Crippen LogP contribution in [0.3, 0.4) is 0 Å². The summed E-state index contributed by atoms with van der Waals surface area (Å²) in [5, 5.41) is 23.3. The van der Waals surface area contributed by atoms with Crippen molar-refractivity contribution in [1.82, 2.24) is 10.6 Å². The topological polar surface area (TPSA) is 134 Å². The molecule has 1 aliphatic carbocycles. The molecule has 0 spiro atoms. The van der Waals surface area contributed by atoms with E-state index in [4.69, 9.17) is 14.6 Å². The van der Waals surface area contributed by atoms with Gasteiger partial charge in [0.2, 0.25) is 5.91 Å². The van der Waals surface area contributed by atoms with Crippen LogP contribution < -0.4 is 10.6 Å². The Morgan fingerprint density at radius 3 is 2.22 bits per heavy atom. The molecule has 1 atom stereocenters. The first-order valence-electron chi connectivity index (χ1n) is 10.3. The van der Waals surface area contributed by atoms with E-state index in [2.05, 4.69) is 10.6 Å². The van der Waals surface area contributed by atoms with Gasteiger partial charge in [-0.05, 0) is 22.3 Å². The van der Waals surface area contributed by atoms with E-state index in [1.54, 1.807) is 0 Å². The van der Waals surface area contributed by atoms with Crippen molar-refractivity contribution in [1.29, 1.82) is 0 Å². The highest BCUT2D eigenvalue weighted by Gasteiger charge is 2.29. The third kappa shape index (κ3) is 6.29. The fourth-order valence-corrected chi connectivity index (χ4v) is 3.63. The summed E-state index contributed by atoms with van der Waals surface area (Å²) in [6.45, 7) is -0.250. The lowest BCUT2D eigenvalue weighted by Gasteiger charge is -2.16. The van der Waals surface area contributed by atoms with Gasteiger partial charge in [0.05, 0.1) is 19.1 Å². The van der Waals surface area contributed by atoms with E-state index in [9.17, 15) is 19.5 Å². The lowest BCUT2D eigenvalue weighted by atomic mass is 9.98. The Bertz CT molecular complexity index is 917. The molecule has 0 bridgehead atoms. The maximum atomic E-state index is 12.1. The first-order valence-corrected chi connectivity index (χ1v) is 10.3. The Labute approximate surface area is 185 Å². The Morgan fingerprint density at radius 1 is 0.969 bits per heavy atom. The molecule has 170 valence electrons. The second kappa shape index (κ2) is 11.3. The number of carboxylic acid groups (broad SMARTS) is 1. The van der Waals surface area contributed by atoms with E-state index in [0.29, 0.717) is 0 Å². The third-order valence-corrected chi connectivity index (χ3v) is 5.04.